The Hall–Kier alpha value is -1.88. The maximum absolute atomic E-state index is 12.6. The number of H-pyrrole nitrogens is 1. The van der Waals surface area contributed by atoms with E-state index in [9.17, 15) is 9.90 Å². The van der Waals surface area contributed by atoms with Crippen LogP contribution >= 0.6 is 0 Å². The van der Waals surface area contributed by atoms with Crippen molar-refractivity contribution in [2.24, 2.45) is 0 Å². The van der Waals surface area contributed by atoms with Gasteiger partial charge < -0.3 is 15.0 Å². The minimum absolute atomic E-state index is 0.128. The highest BCUT2D eigenvalue weighted by Crippen LogP contribution is 2.34. The number of aliphatic hydroxyl groups is 1. The van der Waals surface area contributed by atoms with Gasteiger partial charge in [0, 0.05) is 30.9 Å². The number of fused-ring (bicyclic) bond motifs is 1. The zero-order valence-electron chi connectivity index (χ0n) is 14.7. The zero-order chi connectivity index (χ0) is 17.3. The molecular formula is C20H27N3O2. The average Bonchev–Trinajstić information content (AvgIpc) is 3.06. The van der Waals surface area contributed by atoms with Crippen LogP contribution in [0.3, 0.4) is 0 Å². The average molecular weight is 341 g/mol. The Kier molecular flexibility index (Phi) is 4.50. The molecular weight excluding hydrogens is 314 g/mol. The number of rotatable bonds is 3. The highest BCUT2D eigenvalue weighted by molar-refractivity contribution is 5.80. The third-order valence-electron chi connectivity index (χ3n) is 6.04. The van der Waals surface area contributed by atoms with Crippen LogP contribution in [-0.4, -0.2) is 44.6 Å². The maximum atomic E-state index is 12.6. The zero-order valence-corrected chi connectivity index (χ0v) is 14.7. The lowest BCUT2D eigenvalue weighted by molar-refractivity contribution is -0.138. The van der Waals surface area contributed by atoms with Gasteiger partial charge in [0.25, 0.3) is 0 Å². The number of carbonyl (C=O) groups excluding carboxylic acids is 1. The van der Waals surface area contributed by atoms with Gasteiger partial charge in [-0.3, -0.25) is 4.79 Å². The Balaban J connectivity index is 1.37. The van der Waals surface area contributed by atoms with Gasteiger partial charge in [0.1, 0.15) is 5.65 Å². The normalized spacial score (nSPS) is 21.6. The molecule has 2 aliphatic rings. The van der Waals surface area contributed by atoms with Crippen LogP contribution in [0.2, 0.25) is 0 Å². The highest BCUT2D eigenvalue weighted by Gasteiger charge is 2.34. The summed E-state index contributed by atoms with van der Waals surface area (Å²) in [6, 6.07) is 4.09. The molecule has 2 aromatic heterocycles. The molecule has 1 amide bonds. The lowest BCUT2D eigenvalue weighted by Gasteiger charge is -2.36. The van der Waals surface area contributed by atoms with Crippen LogP contribution in [0.1, 0.15) is 62.8 Å². The van der Waals surface area contributed by atoms with Gasteiger partial charge in [-0.2, -0.15) is 0 Å². The fourth-order valence-corrected chi connectivity index (χ4v) is 4.53. The second kappa shape index (κ2) is 6.79. The molecule has 0 unspecified atom stereocenters. The fourth-order valence-electron chi connectivity index (χ4n) is 4.53. The molecule has 1 saturated carbocycles. The Bertz CT molecular complexity index is 740. The van der Waals surface area contributed by atoms with Gasteiger partial charge in [0.05, 0.1) is 12.0 Å². The van der Waals surface area contributed by atoms with E-state index in [1.807, 2.05) is 11.0 Å². The second-order valence-corrected chi connectivity index (χ2v) is 7.76. The molecule has 2 fully saturated rings. The number of nitrogens with zero attached hydrogens (tertiary/aromatic N) is 2. The summed E-state index contributed by atoms with van der Waals surface area (Å²) in [6.45, 7) is 1.57. The first kappa shape index (κ1) is 16.6. The Morgan fingerprint density at radius 2 is 2.04 bits per heavy atom. The summed E-state index contributed by atoms with van der Waals surface area (Å²) >= 11 is 0. The van der Waals surface area contributed by atoms with E-state index in [1.165, 1.54) is 17.4 Å². The number of carbonyl (C=O) groups is 1. The molecule has 2 aromatic rings. The summed E-state index contributed by atoms with van der Waals surface area (Å²) in [5.41, 5.74) is 1.51. The van der Waals surface area contributed by atoms with Crippen molar-refractivity contribution in [1.82, 2.24) is 14.9 Å². The predicted octanol–water partition coefficient (Wildman–Crippen LogP) is 3.35. The van der Waals surface area contributed by atoms with Gasteiger partial charge in [-0.15, -0.1) is 0 Å². The number of pyridine rings is 1. The van der Waals surface area contributed by atoms with Gasteiger partial charge in [-0.25, -0.2) is 4.98 Å². The number of nitrogens with one attached hydrogen (secondary N) is 1. The first-order valence-electron chi connectivity index (χ1n) is 9.57. The van der Waals surface area contributed by atoms with E-state index < -0.39 is 5.60 Å². The standard InChI is InChI=1S/C20H27N3O2/c24-18(13-20(25)8-2-1-3-9-20)23-11-6-15(7-12-23)17-14-22-19-16(17)5-4-10-21-19/h4-5,10,14-15,25H,1-3,6-9,11-13H2,(H,21,22). The van der Waals surface area contributed by atoms with Crippen LogP contribution in [0.4, 0.5) is 0 Å². The summed E-state index contributed by atoms with van der Waals surface area (Å²) in [6.07, 6.45) is 11.0. The fraction of sp³-hybridized carbons (Fsp3) is 0.600. The van der Waals surface area contributed by atoms with Crippen LogP contribution in [0.15, 0.2) is 24.5 Å². The van der Waals surface area contributed by atoms with Crippen molar-refractivity contribution in [2.75, 3.05) is 13.1 Å². The van der Waals surface area contributed by atoms with E-state index in [0.717, 1.165) is 57.3 Å². The van der Waals surface area contributed by atoms with Gasteiger partial charge in [0.15, 0.2) is 0 Å². The summed E-state index contributed by atoms with van der Waals surface area (Å²) in [7, 11) is 0. The smallest absolute Gasteiger partial charge is 0.225 e. The van der Waals surface area contributed by atoms with Crippen molar-refractivity contribution in [2.45, 2.75) is 62.9 Å². The quantitative estimate of drug-likeness (QED) is 0.899. The van der Waals surface area contributed by atoms with E-state index in [2.05, 4.69) is 22.2 Å². The van der Waals surface area contributed by atoms with Crippen LogP contribution in [0.5, 0.6) is 0 Å². The van der Waals surface area contributed by atoms with Crippen LogP contribution < -0.4 is 0 Å². The van der Waals surface area contributed by atoms with Crippen molar-refractivity contribution in [1.29, 1.82) is 0 Å². The van der Waals surface area contributed by atoms with Crippen molar-refractivity contribution in [3.8, 4) is 0 Å². The molecule has 2 N–H and O–H groups in total. The first-order valence-corrected chi connectivity index (χ1v) is 9.57. The largest absolute Gasteiger partial charge is 0.389 e. The first-order chi connectivity index (χ1) is 12.1. The Morgan fingerprint density at radius 3 is 2.80 bits per heavy atom. The summed E-state index contributed by atoms with van der Waals surface area (Å²) in [5, 5.41) is 11.8. The third-order valence-corrected chi connectivity index (χ3v) is 6.04. The molecule has 4 rings (SSSR count). The third kappa shape index (κ3) is 3.43. The van der Waals surface area contributed by atoms with E-state index >= 15 is 0 Å². The molecule has 25 heavy (non-hydrogen) atoms. The molecule has 3 heterocycles. The molecule has 0 radical (unpaired) electrons. The molecule has 0 atom stereocenters. The van der Waals surface area contributed by atoms with Gasteiger partial charge in [-0.05, 0) is 49.3 Å². The summed E-state index contributed by atoms with van der Waals surface area (Å²) in [5.74, 6) is 0.600. The number of hydrogen-bond donors (Lipinski definition) is 2. The van der Waals surface area contributed by atoms with Crippen molar-refractivity contribution >= 4 is 16.9 Å². The van der Waals surface area contributed by atoms with Crippen molar-refractivity contribution in [3.05, 3.63) is 30.1 Å². The minimum Gasteiger partial charge on any atom is -0.389 e. The summed E-state index contributed by atoms with van der Waals surface area (Å²) < 4.78 is 0. The number of aromatic amines is 1. The number of hydrogen-bond acceptors (Lipinski definition) is 3. The molecule has 1 aliphatic carbocycles. The van der Waals surface area contributed by atoms with E-state index in [-0.39, 0.29) is 5.91 Å². The van der Waals surface area contributed by atoms with E-state index in [1.54, 1.807) is 6.20 Å². The number of aromatic nitrogens is 2. The lowest BCUT2D eigenvalue weighted by Crippen LogP contribution is -2.43. The monoisotopic (exact) mass is 341 g/mol. The predicted molar refractivity (Wildman–Crippen MR) is 97.3 cm³/mol. The van der Waals surface area contributed by atoms with E-state index in [4.69, 9.17) is 0 Å². The Morgan fingerprint density at radius 1 is 1.28 bits per heavy atom. The molecule has 5 heteroatoms. The van der Waals surface area contributed by atoms with Crippen LogP contribution in [0, 0.1) is 0 Å². The molecule has 0 bridgehead atoms. The van der Waals surface area contributed by atoms with Gasteiger partial charge in [0.2, 0.25) is 5.91 Å². The van der Waals surface area contributed by atoms with Gasteiger partial charge in [-0.1, -0.05) is 19.3 Å². The van der Waals surface area contributed by atoms with Crippen LogP contribution in [0.25, 0.3) is 11.0 Å². The topological polar surface area (TPSA) is 69.2 Å². The van der Waals surface area contributed by atoms with Crippen molar-refractivity contribution in [3.63, 3.8) is 0 Å². The molecule has 1 saturated heterocycles. The summed E-state index contributed by atoms with van der Waals surface area (Å²) in [4.78, 5) is 22.2. The second-order valence-electron chi connectivity index (χ2n) is 7.76. The Labute approximate surface area is 148 Å². The minimum atomic E-state index is -0.755. The molecule has 1 aliphatic heterocycles. The van der Waals surface area contributed by atoms with Crippen molar-refractivity contribution < 1.29 is 9.90 Å². The number of piperidine rings is 1. The van der Waals surface area contributed by atoms with E-state index in [0.29, 0.717) is 12.3 Å². The molecule has 0 aromatic carbocycles. The number of likely N-dealkylation sites (tertiary alicyclic amines) is 1. The number of amides is 1. The molecule has 0 spiro atoms. The lowest BCUT2D eigenvalue weighted by atomic mass is 9.82. The molecule has 5 nitrogen and oxygen atoms in total. The van der Waals surface area contributed by atoms with Gasteiger partial charge >= 0.3 is 0 Å². The van der Waals surface area contributed by atoms with Crippen LogP contribution in [-0.2, 0) is 4.79 Å². The SMILES string of the molecule is O=C(CC1(O)CCCCC1)N1CCC(c2c[nH]c3ncccc23)CC1. The highest BCUT2D eigenvalue weighted by atomic mass is 16.3. The maximum Gasteiger partial charge on any atom is 0.225 e. The molecule has 134 valence electrons.